The number of rotatable bonds is 1. The third-order valence-electron chi connectivity index (χ3n) is 1.85. The van der Waals surface area contributed by atoms with Gasteiger partial charge in [0, 0.05) is 14.7 Å². The summed E-state index contributed by atoms with van der Waals surface area (Å²) in [6, 6.07) is 5.46. The average molecular weight is 286 g/mol. The van der Waals surface area contributed by atoms with Gasteiger partial charge in [-0.2, -0.15) is 0 Å². The van der Waals surface area contributed by atoms with Crippen molar-refractivity contribution in [3.05, 3.63) is 32.9 Å². The number of hydrogen-bond donors (Lipinski definition) is 0. The highest BCUT2D eigenvalue weighted by Gasteiger charge is 2.09. The van der Waals surface area contributed by atoms with Crippen LogP contribution in [0.15, 0.2) is 21.8 Å². The zero-order valence-corrected chi connectivity index (χ0v) is 8.95. The number of benzene rings is 1. The van der Waals surface area contributed by atoms with Gasteiger partial charge < -0.3 is 4.74 Å². The van der Waals surface area contributed by atoms with Crippen molar-refractivity contribution in [2.45, 2.75) is 0 Å². The Morgan fingerprint density at radius 2 is 2.31 bits per heavy atom. The van der Waals surface area contributed by atoms with E-state index in [1.165, 1.54) is 3.58 Å². The van der Waals surface area contributed by atoms with Crippen LogP contribution in [0.25, 0.3) is 6.08 Å². The van der Waals surface area contributed by atoms with Crippen molar-refractivity contribution in [3.8, 4) is 5.75 Å². The van der Waals surface area contributed by atoms with Gasteiger partial charge in [0.15, 0.2) is 0 Å². The van der Waals surface area contributed by atoms with Gasteiger partial charge in [-0.3, -0.25) is 4.79 Å². The van der Waals surface area contributed by atoms with E-state index in [0.29, 0.717) is 12.2 Å². The summed E-state index contributed by atoms with van der Waals surface area (Å²) in [6.45, 7) is 0.607. The highest BCUT2D eigenvalue weighted by molar-refractivity contribution is 14.1. The fourth-order valence-electron chi connectivity index (χ4n) is 1.23. The second-order valence-corrected chi connectivity index (χ2v) is 4.18. The molecule has 0 spiro atoms. The third kappa shape index (κ3) is 1.75. The Hall–Kier alpha value is -0.840. The molecule has 1 aliphatic rings. The van der Waals surface area contributed by atoms with Crippen LogP contribution in [0.5, 0.6) is 5.75 Å². The standard InChI is InChI=1S/C10H7IO2/c11-9-4-8-2-1-7(5-12)3-10(8)13-6-9/h1-5H,6H2. The van der Waals surface area contributed by atoms with Crippen molar-refractivity contribution < 1.29 is 9.53 Å². The van der Waals surface area contributed by atoms with E-state index < -0.39 is 0 Å². The Kier molecular flexibility index (Phi) is 2.35. The largest absolute Gasteiger partial charge is 0.488 e. The molecule has 0 radical (unpaired) electrons. The number of fused-ring (bicyclic) bond motifs is 1. The van der Waals surface area contributed by atoms with Crippen molar-refractivity contribution in [2.75, 3.05) is 6.61 Å². The molecule has 0 unspecified atom stereocenters. The Morgan fingerprint density at radius 3 is 3.08 bits per heavy atom. The van der Waals surface area contributed by atoms with Gasteiger partial charge in [-0.15, -0.1) is 0 Å². The highest BCUT2D eigenvalue weighted by atomic mass is 127. The van der Waals surface area contributed by atoms with Gasteiger partial charge in [0.25, 0.3) is 0 Å². The lowest BCUT2D eigenvalue weighted by Crippen LogP contribution is -2.03. The van der Waals surface area contributed by atoms with Gasteiger partial charge >= 0.3 is 0 Å². The van der Waals surface area contributed by atoms with Crippen LogP contribution in [0, 0.1) is 0 Å². The third-order valence-corrected chi connectivity index (χ3v) is 2.47. The van der Waals surface area contributed by atoms with Crippen LogP contribution in [-0.4, -0.2) is 12.9 Å². The minimum Gasteiger partial charge on any atom is -0.488 e. The van der Waals surface area contributed by atoms with E-state index in [-0.39, 0.29) is 0 Å². The Labute approximate surface area is 89.7 Å². The first-order valence-corrected chi connectivity index (χ1v) is 4.95. The number of ether oxygens (including phenoxy) is 1. The van der Waals surface area contributed by atoms with Crippen molar-refractivity contribution in [2.24, 2.45) is 0 Å². The molecule has 0 N–H and O–H groups in total. The van der Waals surface area contributed by atoms with E-state index in [0.717, 1.165) is 17.6 Å². The van der Waals surface area contributed by atoms with Crippen LogP contribution >= 0.6 is 22.6 Å². The Balaban J connectivity index is 2.49. The lowest BCUT2D eigenvalue weighted by Gasteiger charge is -2.14. The van der Waals surface area contributed by atoms with Crippen molar-refractivity contribution >= 4 is 35.0 Å². The quantitative estimate of drug-likeness (QED) is 0.586. The first-order valence-electron chi connectivity index (χ1n) is 3.88. The summed E-state index contributed by atoms with van der Waals surface area (Å²) >= 11 is 2.24. The topological polar surface area (TPSA) is 26.3 Å². The smallest absolute Gasteiger partial charge is 0.150 e. The summed E-state index contributed by atoms with van der Waals surface area (Å²) in [5.74, 6) is 0.796. The molecule has 1 heterocycles. The molecule has 0 saturated carbocycles. The van der Waals surface area contributed by atoms with Crippen molar-refractivity contribution in [1.82, 2.24) is 0 Å². The van der Waals surface area contributed by atoms with Gasteiger partial charge in [0.05, 0.1) is 0 Å². The fourth-order valence-corrected chi connectivity index (χ4v) is 1.72. The lowest BCUT2D eigenvalue weighted by atomic mass is 10.1. The molecule has 66 valence electrons. The van der Waals surface area contributed by atoms with Crippen LogP contribution in [0.1, 0.15) is 15.9 Å². The molecule has 1 aromatic rings. The van der Waals surface area contributed by atoms with E-state index in [1.54, 1.807) is 12.1 Å². The maximum absolute atomic E-state index is 10.5. The number of carbonyl (C=O) groups excluding carboxylic acids is 1. The maximum atomic E-state index is 10.5. The molecule has 1 aromatic carbocycles. The number of aldehydes is 1. The number of hydrogen-bond acceptors (Lipinski definition) is 2. The molecule has 0 aliphatic carbocycles. The number of halogens is 1. The molecular formula is C10H7IO2. The Morgan fingerprint density at radius 1 is 1.46 bits per heavy atom. The van der Waals surface area contributed by atoms with Gasteiger partial charge in [0.2, 0.25) is 0 Å². The van der Waals surface area contributed by atoms with Crippen LogP contribution < -0.4 is 4.74 Å². The molecule has 2 nitrogen and oxygen atoms in total. The molecule has 0 aromatic heterocycles. The highest BCUT2D eigenvalue weighted by Crippen LogP contribution is 2.28. The van der Waals surface area contributed by atoms with E-state index >= 15 is 0 Å². The van der Waals surface area contributed by atoms with E-state index in [1.807, 2.05) is 6.07 Å². The van der Waals surface area contributed by atoms with Crippen molar-refractivity contribution in [3.63, 3.8) is 0 Å². The first kappa shape index (κ1) is 8.74. The second-order valence-electron chi connectivity index (χ2n) is 2.79. The lowest BCUT2D eigenvalue weighted by molar-refractivity contribution is 0.112. The summed E-state index contributed by atoms with van der Waals surface area (Å²) in [4.78, 5) is 10.5. The van der Waals surface area contributed by atoms with E-state index in [4.69, 9.17) is 4.74 Å². The monoisotopic (exact) mass is 286 g/mol. The molecule has 0 saturated heterocycles. The SMILES string of the molecule is O=Cc1ccc2c(c1)OCC(I)=C2. The van der Waals surface area contributed by atoms with E-state index in [2.05, 4.69) is 28.7 Å². The molecule has 3 heteroatoms. The van der Waals surface area contributed by atoms with E-state index in [9.17, 15) is 4.79 Å². The summed E-state index contributed by atoms with van der Waals surface area (Å²) in [5.41, 5.74) is 1.70. The number of carbonyl (C=O) groups is 1. The molecule has 1 aliphatic heterocycles. The minimum atomic E-state index is 0.607. The normalized spacial score (nSPS) is 14.1. The second kappa shape index (κ2) is 3.49. The zero-order chi connectivity index (χ0) is 9.26. The molecule has 0 amide bonds. The molecule has 13 heavy (non-hydrogen) atoms. The minimum absolute atomic E-state index is 0.607. The predicted molar refractivity (Wildman–Crippen MR) is 59.3 cm³/mol. The van der Waals surface area contributed by atoms with Crippen LogP contribution in [0.3, 0.4) is 0 Å². The summed E-state index contributed by atoms with van der Waals surface area (Å²) in [6.07, 6.45) is 2.89. The summed E-state index contributed by atoms with van der Waals surface area (Å²) in [7, 11) is 0. The van der Waals surface area contributed by atoms with Crippen LogP contribution in [0.2, 0.25) is 0 Å². The Bertz CT molecular complexity index is 383. The predicted octanol–water partition coefficient (Wildman–Crippen LogP) is 2.67. The zero-order valence-electron chi connectivity index (χ0n) is 6.79. The molecule has 0 bridgehead atoms. The molecule has 0 fully saturated rings. The van der Waals surface area contributed by atoms with Gasteiger partial charge in [-0.25, -0.2) is 0 Å². The molecular weight excluding hydrogens is 279 g/mol. The maximum Gasteiger partial charge on any atom is 0.150 e. The molecule has 2 rings (SSSR count). The average Bonchev–Trinajstić information content (AvgIpc) is 2.17. The van der Waals surface area contributed by atoms with Gasteiger partial charge in [-0.1, -0.05) is 12.1 Å². The first-order chi connectivity index (χ1) is 6.29. The van der Waals surface area contributed by atoms with Crippen LogP contribution in [-0.2, 0) is 0 Å². The summed E-state index contributed by atoms with van der Waals surface area (Å²) < 4.78 is 6.61. The van der Waals surface area contributed by atoms with Crippen LogP contribution in [0.4, 0.5) is 0 Å². The van der Waals surface area contributed by atoms with Gasteiger partial charge in [0.1, 0.15) is 18.6 Å². The van der Waals surface area contributed by atoms with Crippen molar-refractivity contribution in [1.29, 1.82) is 0 Å². The fraction of sp³-hybridized carbons (Fsp3) is 0.100. The summed E-state index contributed by atoms with van der Waals surface area (Å²) in [5, 5.41) is 0. The molecule has 0 atom stereocenters. The van der Waals surface area contributed by atoms with Gasteiger partial charge in [-0.05, 0) is 34.7 Å².